The van der Waals surface area contributed by atoms with Gasteiger partial charge < -0.3 is 19.2 Å². The highest BCUT2D eigenvalue weighted by Crippen LogP contribution is 2.38. The third-order valence-electron chi connectivity index (χ3n) is 5.96. The molecule has 9 heteroatoms. The van der Waals surface area contributed by atoms with E-state index in [4.69, 9.17) is 13.9 Å². The second-order valence-electron chi connectivity index (χ2n) is 10.7. The van der Waals surface area contributed by atoms with Crippen LogP contribution in [-0.4, -0.2) is 45.1 Å². The fraction of sp³-hybridized carbons (Fsp3) is 0.652. The molecular weight excluding hydrogens is 436 g/mol. The third kappa shape index (κ3) is 6.58. The summed E-state index contributed by atoms with van der Waals surface area (Å²) in [4.78, 5) is 25.4. The van der Waals surface area contributed by atoms with E-state index in [1.807, 2.05) is 0 Å². The standard InChI is InChI=1S/C23H35F2NO5Si/c1-22(2,3)31-21(28)26-19-16(12-30-32(7,8)23(4,5)6)18(27)13-29-20(19)15-11-14(24)9-10-17(15)25/h9-11,16,19-20H,12-13H2,1-8H3,(H,26,28)/t16?,19-,20+/m0/s1. The Hall–Kier alpha value is -1.84. The van der Waals surface area contributed by atoms with Gasteiger partial charge in [-0.25, -0.2) is 13.6 Å². The first-order valence-corrected chi connectivity index (χ1v) is 13.7. The second kappa shape index (κ2) is 9.57. The lowest BCUT2D eigenvalue weighted by Gasteiger charge is -2.41. The average Bonchev–Trinajstić information content (AvgIpc) is 2.61. The van der Waals surface area contributed by atoms with Crippen molar-refractivity contribution in [2.45, 2.75) is 77.4 Å². The van der Waals surface area contributed by atoms with Crippen molar-refractivity contribution in [2.24, 2.45) is 5.92 Å². The maximum atomic E-state index is 14.6. The zero-order valence-corrected chi connectivity index (χ0v) is 21.2. The molecule has 1 amide bonds. The fourth-order valence-corrected chi connectivity index (χ4v) is 4.17. The van der Waals surface area contributed by atoms with Crippen LogP contribution in [0.15, 0.2) is 18.2 Å². The van der Waals surface area contributed by atoms with Crippen LogP contribution in [0.1, 0.15) is 53.2 Å². The van der Waals surface area contributed by atoms with Crippen molar-refractivity contribution in [3.63, 3.8) is 0 Å². The van der Waals surface area contributed by atoms with E-state index in [9.17, 15) is 18.4 Å². The van der Waals surface area contributed by atoms with Gasteiger partial charge in [0.25, 0.3) is 0 Å². The smallest absolute Gasteiger partial charge is 0.407 e. The normalized spacial score (nSPS) is 22.6. The van der Waals surface area contributed by atoms with Crippen molar-refractivity contribution in [1.29, 1.82) is 0 Å². The molecule has 1 saturated heterocycles. The summed E-state index contributed by atoms with van der Waals surface area (Å²) in [5.41, 5.74) is -0.855. The monoisotopic (exact) mass is 471 g/mol. The number of benzene rings is 1. The Bertz CT molecular complexity index is 848. The number of carbonyl (C=O) groups is 2. The molecule has 6 nitrogen and oxygen atoms in total. The summed E-state index contributed by atoms with van der Waals surface area (Å²) in [7, 11) is -2.22. The Balaban J connectivity index is 2.40. The van der Waals surface area contributed by atoms with Crippen molar-refractivity contribution in [2.75, 3.05) is 13.2 Å². The summed E-state index contributed by atoms with van der Waals surface area (Å²) in [5, 5.41) is 2.57. The molecule has 0 aromatic heterocycles. The Kier molecular flexibility index (Phi) is 7.90. The molecule has 1 aromatic rings. The molecule has 1 N–H and O–H groups in total. The van der Waals surface area contributed by atoms with Crippen molar-refractivity contribution >= 4 is 20.2 Å². The molecule has 0 bridgehead atoms. The Morgan fingerprint density at radius 2 is 1.81 bits per heavy atom. The lowest BCUT2D eigenvalue weighted by molar-refractivity contribution is -0.143. The van der Waals surface area contributed by atoms with Crippen LogP contribution in [-0.2, 0) is 18.7 Å². The van der Waals surface area contributed by atoms with Crippen LogP contribution in [0.3, 0.4) is 0 Å². The summed E-state index contributed by atoms with van der Waals surface area (Å²) in [6.07, 6.45) is -1.86. The summed E-state index contributed by atoms with van der Waals surface area (Å²) >= 11 is 0. The van der Waals surface area contributed by atoms with Crippen molar-refractivity contribution in [1.82, 2.24) is 5.32 Å². The van der Waals surface area contributed by atoms with Crippen LogP contribution < -0.4 is 5.32 Å². The van der Waals surface area contributed by atoms with Gasteiger partial charge in [0.1, 0.15) is 29.9 Å². The van der Waals surface area contributed by atoms with Crippen molar-refractivity contribution < 1.29 is 32.3 Å². The van der Waals surface area contributed by atoms with Crippen LogP contribution in [0, 0.1) is 17.6 Å². The lowest BCUT2D eigenvalue weighted by Crippen LogP contribution is -2.55. The van der Waals surface area contributed by atoms with Gasteiger partial charge in [-0.3, -0.25) is 4.79 Å². The molecule has 2 rings (SSSR count). The lowest BCUT2D eigenvalue weighted by atomic mass is 9.86. The van der Waals surface area contributed by atoms with E-state index in [0.717, 1.165) is 18.2 Å². The Labute approximate surface area is 190 Å². The number of carbonyl (C=O) groups excluding carboxylic acids is 2. The van der Waals surface area contributed by atoms with E-state index in [-0.39, 0.29) is 29.6 Å². The number of hydrogen-bond donors (Lipinski definition) is 1. The van der Waals surface area contributed by atoms with E-state index in [2.05, 4.69) is 39.2 Å². The maximum Gasteiger partial charge on any atom is 0.407 e. The number of amides is 1. The van der Waals surface area contributed by atoms with E-state index in [1.54, 1.807) is 20.8 Å². The third-order valence-corrected chi connectivity index (χ3v) is 10.5. The van der Waals surface area contributed by atoms with Gasteiger partial charge >= 0.3 is 6.09 Å². The summed E-state index contributed by atoms with van der Waals surface area (Å²) in [6, 6.07) is 2.02. The highest BCUT2D eigenvalue weighted by molar-refractivity contribution is 6.74. The number of ketones is 1. The largest absolute Gasteiger partial charge is 0.444 e. The number of alkyl carbamates (subject to hydrolysis) is 1. The number of halogens is 2. The van der Waals surface area contributed by atoms with Gasteiger partial charge in [-0.1, -0.05) is 20.8 Å². The van der Waals surface area contributed by atoms with E-state index < -0.39 is 49.7 Å². The topological polar surface area (TPSA) is 73.9 Å². The minimum atomic E-state index is -2.22. The van der Waals surface area contributed by atoms with Gasteiger partial charge in [-0.2, -0.15) is 0 Å². The van der Waals surface area contributed by atoms with Crippen LogP contribution in [0.2, 0.25) is 18.1 Å². The summed E-state index contributed by atoms with van der Waals surface area (Å²) in [6.45, 7) is 15.2. The molecule has 1 aromatic carbocycles. The van der Waals surface area contributed by atoms with E-state index in [1.165, 1.54) is 0 Å². The SMILES string of the molecule is CC(C)(C)OC(=O)N[C@H]1C(CO[Si](C)(C)C(C)(C)C)C(=O)CO[C@@H]1c1cc(F)ccc1F. The molecule has 0 spiro atoms. The minimum Gasteiger partial charge on any atom is -0.444 e. The zero-order valence-electron chi connectivity index (χ0n) is 20.2. The number of Topliss-reactive ketones (excluding diaryl/α,β-unsaturated/α-hetero) is 1. The van der Waals surface area contributed by atoms with Gasteiger partial charge in [-0.15, -0.1) is 0 Å². The quantitative estimate of drug-likeness (QED) is 0.602. The van der Waals surface area contributed by atoms with Crippen LogP contribution in [0.4, 0.5) is 13.6 Å². The number of hydrogen-bond acceptors (Lipinski definition) is 5. The molecule has 0 aliphatic carbocycles. The molecule has 1 aliphatic rings. The molecule has 3 atom stereocenters. The average molecular weight is 472 g/mol. The molecule has 1 aliphatic heterocycles. The molecule has 1 fully saturated rings. The van der Waals surface area contributed by atoms with Crippen LogP contribution in [0.25, 0.3) is 0 Å². The van der Waals surface area contributed by atoms with Crippen LogP contribution in [0.5, 0.6) is 0 Å². The maximum absolute atomic E-state index is 14.6. The van der Waals surface area contributed by atoms with Gasteiger partial charge in [0.05, 0.1) is 12.0 Å². The molecule has 1 unspecified atom stereocenters. The first kappa shape index (κ1) is 26.4. The fourth-order valence-electron chi connectivity index (χ4n) is 3.14. The van der Waals surface area contributed by atoms with Gasteiger partial charge in [-0.05, 0) is 57.1 Å². The van der Waals surface area contributed by atoms with Crippen LogP contribution >= 0.6 is 0 Å². The zero-order chi connectivity index (χ0) is 24.5. The molecule has 0 saturated carbocycles. The molecule has 0 radical (unpaired) electrons. The summed E-state index contributed by atoms with van der Waals surface area (Å²) in [5.74, 6) is -2.42. The van der Waals surface area contributed by atoms with Crippen molar-refractivity contribution in [3.8, 4) is 0 Å². The Morgan fingerprint density at radius 1 is 1.19 bits per heavy atom. The predicted molar refractivity (Wildman–Crippen MR) is 120 cm³/mol. The number of rotatable bonds is 5. The molecular formula is C23H35F2NO5Si. The Morgan fingerprint density at radius 3 is 2.38 bits per heavy atom. The number of nitrogens with one attached hydrogen (secondary N) is 1. The van der Waals surface area contributed by atoms with Gasteiger partial charge in [0.2, 0.25) is 0 Å². The van der Waals surface area contributed by atoms with Gasteiger partial charge in [0.15, 0.2) is 14.1 Å². The minimum absolute atomic E-state index is 0.0343. The molecule has 32 heavy (non-hydrogen) atoms. The predicted octanol–water partition coefficient (Wildman–Crippen LogP) is 5.14. The summed E-state index contributed by atoms with van der Waals surface area (Å²) < 4.78 is 45.7. The second-order valence-corrected chi connectivity index (χ2v) is 15.5. The number of ether oxygens (including phenoxy) is 2. The van der Waals surface area contributed by atoms with E-state index >= 15 is 0 Å². The molecule has 1 heterocycles. The highest BCUT2D eigenvalue weighted by atomic mass is 28.4. The van der Waals surface area contributed by atoms with Gasteiger partial charge in [0, 0.05) is 12.2 Å². The first-order chi connectivity index (χ1) is 14.5. The molecule has 180 valence electrons. The van der Waals surface area contributed by atoms with E-state index in [0.29, 0.717) is 0 Å². The first-order valence-electron chi connectivity index (χ1n) is 10.7. The van der Waals surface area contributed by atoms with Crippen molar-refractivity contribution in [3.05, 3.63) is 35.4 Å². The highest BCUT2D eigenvalue weighted by Gasteiger charge is 2.45.